The smallest absolute Gasteiger partial charge is 0.294 e. The van der Waals surface area contributed by atoms with Crippen LogP contribution in [0, 0.1) is 5.92 Å². The second-order valence-electron chi connectivity index (χ2n) is 4.80. The monoisotopic (exact) mass is 276 g/mol. The van der Waals surface area contributed by atoms with Gasteiger partial charge >= 0.3 is 11.7 Å². The van der Waals surface area contributed by atoms with E-state index >= 15 is 0 Å². The van der Waals surface area contributed by atoms with Gasteiger partial charge in [-0.25, -0.2) is 9.59 Å². The lowest BCUT2D eigenvalue weighted by Crippen LogP contribution is -2.39. The van der Waals surface area contributed by atoms with Gasteiger partial charge in [-0.1, -0.05) is 13.8 Å². The number of carbonyl (C=O) groups excluding carboxylic acids is 1. The van der Waals surface area contributed by atoms with Crippen LogP contribution in [0.4, 0.5) is 10.5 Å². The van der Waals surface area contributed by atoms with Gasteiger partial charge in [0.25, 0.3) is 0 Å². The zero-order valence-electron chi connectivity index (χ0n) is 11.6. The van der Waals surface area contributed by atoms with Gasteiger partial charge in [-0.3, -0.25) is 9.88 Å². The Labute approximate surface area is 115 Å². The quantitative estimate of drug-likeness (QED) is 0.766. The van der Waals surface area contributed by atoms with Gasteiger partial charge in [-0.2, -0.15) is 4.68 Å². The van der Waals surface area contributed by atoms with Crippen molar-refractivity contribution >= 4 is 11.7 Å². The van der Waals surface area contributed by atoms with Crippen molar-refractivity contribution in [1.82, 2.24) is 24.8 Å². The number of nitrogens with zero attached hydrogens (tertiary/aromatic N) is 6. The lowest BCUT2D eigenvalue weighted by atomic mass is 10.2. The van der Waals surface area contributed by atoms with Crippen LogP contribution in [0.15, 0.2) is 29.3 Å². The molecule has 0 atom stereocenters. The number of hydrogen-bond acceptors (Lipinski definition) is 5. The van der Waals surface area contributed by atoms with E-state index in [1.54, 1.807) is 25.4 Å². The molecule has 0 radical (unpaired) electrons. The first-order chi connectivity index (χ1) is 9.50. The topological polar surface area (TPSA) is 85.9 Å². The lowest BCUT2D eigenvalue weighted by molar-refractivity contribution is 0.245. The van der Waals surface area contributed by atoms with Crippen LogP contribution >= 0.6 is 0 Å². The van der Waals surface area contributed by atoms with Gasteiger partial charge < -0.3 is 0 Å². The first-order valence-corrected chi connectivity index (χ1v) is 6.21. The predicted octanol–water partition coefficient (Wildman–Crippen LogP) is 0.595. The number of tetrazole rings is 1. The number of anilines is 1. The molecule has 8 heteroatoms. The molecule has 2 rings (SSSR count). The van der Waals surface area contributed by atoms with Crippen LogP contribution in [0.3, 0.4) is 0 Å². The van der Waals surface area contributed by atoms with Crippen LogP contribution in [-0.4, -0.2) is 37.9 Å². The van der Waals surface area contributed by atoms with Crippen molar-refractivity contribution in [3.63, 3.8) is 0 Å². The molecule has 20 heavy (non-hydrogen) atoms. The molecule has 0 unspecified atom stereocenters. The second kappa shape index (κ2) is 5.64. The number of hydrogen-bond donors (Lipinski definition) is 0. The third kappa shape index (κ3) is 2.73. The maximum atomic E-state index is 12.2. The summed E-state index contributed by atoms with van der Waals surface area (Å²) >= 11 is 0. The van der Waals surface area contributed by atoms with Crippen molar-refractivity contribution in [1.29, 1.82) is 0 Å². The van der Waals surface area contributed by atoms with Crippen molar-refractivity contribution in [3.05, 3.63) is 35.0 Å². The highest BCUT2D eigenvalue weighted by Crippen LogP contribution is 2.09. The minimum atomic E-state index is -0.571. The Morgan fingerprint density at radius 1 is 1.40 bits per heavy atom. The van der Waals surface area contributed by atoms with Crippen molar-refractivity contribution in [2.45, 2.75) is 20.4 Å². The van der Waals surface area contributed by atoms with Crippen molar-refractivity contribution in [2.24, 2.45) is 5.92 Å². The Morgan fingerprint density at radius 3 is 2.75 bits per heavy atom. The first kappa shape index (κ1) is 13.9. The standard InChI is InChI=1S/C12H16N6O2/c1-9(2)8-17-12(20)18(15-14-17)11(19)16(3)10-5-4-6-13-7-10/h4-7,9H,8H2,1-3H3. The predicted molar refractivity (Wildman–Crippen MR) is 72.6 cm³/mol. The summed E-state index contributed by atoms with van der Waals surface area (Å²) in [6, 6.07) is 2.85. The molecule has 2 aromatic rings. The summed E-state index contributed by atoms with van der Waals surface area (Å²) in [5, 5.41) is 7.33. The number of carbonyl (C=O) groups is 1. The molecule has 0 aliphatic heterocycles. The average Bonchev–Trinajstić information content (AvgIpc) is 2.79. The Kier molecular flexibility index (Phi) is 3.92. The maximum absolute atomic E-state index is 12.2. The molecule has 2 aromatic heterocycles. The van der Waals surface area contributed by atoms with Crippen molar-refractivity contribution in [2.75, 3.05) is 11.9 Å². The Balaban J connectivity index is 2.26. The molecule has 0 saturated carbocycles. The zero-order valence-corrected chi connectivity index (χ0v) is 11.6. The fourth-order valence-corrected chi connectivity index (χ4v) is 1.66. The van der Waals surface area contributed by atoms with Crippen LogP contribution in [0.1, 0.15) is 13.8 Å². The van der Waals surface area contributed by atoms with Crippen LogP contribution in [0.2, 0.25) is 0 Å². The normalized spacial score (nSPS) is 10.8. The van der Waals surface area contributed by atoms with E-state index in [9.17, 15) is 9.59 Å². The Bertz CT molecular complexity index is 645. The molecule has 0 fully saturated rings. The van der Waals surface area contributed by atoms with Crippen LogP contribution < -0.4 is 10.6 Å². The van der Waals surface area contributed by atoms with E-state index in [4.69, 9.17) is 0 Å². The molecular weight excluding hydrogens is 260 g/mol. The van der Waals surface area contributed by atoms with Gasteiger partial charge in [0.15, 0.2) is 0 Å². The fraction of sp³-hybridized carbons (Fsp3) is 0.417. The molecular formula is C12H16N6O2. The minimum absolute atomic E-state index is 0.240. The summed E-state index contributed by atoms with van der Waals surface area (Å²) < 4.78 is 1.93. The molecule has 1 amide bonds. The average molecular weight is 276 g/mol. The molecule has 0 bridgehead atoms. The third-order valence-electron chi connectivity index (χ3n) is 2.68. The highest BCUT2D eigenvalue weighted by atomic mass is 16.2. The molecule has 0 saturated heterocycles. The molecule has 0 spiro atoms. The van der Waals surface area contributed by atoms with E-state index in [2.05, 4.69) is 15.4 Å². The molecule has 8 nitrogen and oxygen atoms in total. The SMILES string of the molecule is CC(C)Cn1nnn(C(=O)N(C)c2cccnc2)c1=O. The summed E-state index contributed by atoms with van der Waals surface area (Å²) in [4.78, 5) is 29.5. The Morgan fingerprint density at radius 2 is 2.15 bits per heavy atom. The fourth-order valence-electron chi connectivity index (χ4n) is 1.66. The molecule has 0 aromatic carbocycles. The van der Waals surface area contributed by atoms with E-state index in [-0.39, 0.29) is 5.92 Å². The molecule has 2 heterocycles. The maximum Gasteiger partial charge on any atom is 0.372 e. The van der Waals surface area contributed by atoms with Gasteiger partial charge in [0.1, 0.15) is 0 Å². The summed E-state index contributed by atoms with van der Waals surface area (Å²) in [5.41, 5.74) is 0.0299. The van der Waals surface area contributed by atoms with Crippen LogP contribution in [0.25, 0.3) is 0 Å². The number of rotatable bonds is 3. The largest absolute Gasteiger partial charge is 0.372 e. The Hall–Kier alpha value is -2.51. The van der Waals surface area contributed by atoms with Crippen LogP contribution in [0.5, 0.6) is 0 Å². The number of aromatic nitrogens is 5. The van der Waals surface area contributed by atoms with Gasteiger partial charge in [0, 0.05) is 13.2 Å². The summed E-state index contributed by atoms with van der Waals surface area (Å²) in [5.74, 6) is 0.240. The van der Waals surface area contributed by atoms with Gasteiger partial charge in [0.05, 0.1) is 18.4 Å². The van der Waals surface area contributed by atoms with Crippen molar-refractivity contribution in [3.8, 4) is 0 Å². The molecule has 0 aliphatic rings. The summed E-state index contributed by atoms with van der Waals surface area (Å²) in [6.45, 7) is 4.33. The van der Waals surface area contributed by atoms with Crippen LogP contribution in [-0.2, 0) is 6.54 Å². The summed E-state index contributed by atoms with van der Waals surface area (Å²) in [7, 11) is 1.55. The minimum Gasteiger partial charge on any atom is -0.294 e. The summed E-state index contributed by atoms with van der Waals surface area (Å²) in [6.07, 6.45) is 3.13. The van der Waals surface area contributed by atoms with E-state index in [1.807, 2.05) is 13.8 Å². The zero-order chi connectivity index (χ0) is 14.7. The third-order valence-corrected chi connectivity index (χ3v) is 2.68. The van der Waals surface area contributed by atoms with Gasteiger partial charge in [-0.15, -0.1) is 4.68 Å². The lowest BCUT2D eigenvalue weighted by Gasteiger charge is -2.14. The highest BCUT2D eigenvalue weighted by molar-refractivity contribution is 5.91. The number of pyridine rings is 1. The van der Waals surface area contributed by atoms with E-state index in [0.29, 0.717) is 12.2 Å². The number of amides is 1. The first-order valence-electron chi connectivity index (χ1n) is 6.21. The van der Waals surface area contributed by atoms with Gasteiger partial charge in [-0.05, 0) is 28.5 Å². The van der Waals surface area contributed by atoms with Gasteiger partial charge in [0.2, 0.25) is 0 Å². The molecule has 106 valence electrons. The van der Waals surface area contributed by atoms with E-state index < -0.39 is 11.7 Å². The molecule has 0 N–H and O–H groups in total. The van der Waals surface area contributed by atoms with Crippen molar-refractivity contribution < 1.29 is 4.79 Å². The highest BCUT2D eigenvalue weighted by Gasteiger charge is 2.19. The molecule has 0 aliphatic carbocycles. The second-order valence-corrected chi connectivity index (χ2v) is 4.80. The van der Waals surface area contributed by atoms with E-state index in [0.717, 1.165) is 4.68 Å². The van der Waals surface area contributed by atoms with E-state index in [1.165, 1.54) is 15.8 Å².